The average Bonchev–Trinajstić information content (AvgIpc) is 2.26. The van der Waals surface area contributed by atoms with E-state index in [1.807, 2.05) is 57.2 Å². The molecule has 0 radical (unpaired) electrons. The highest BCUT2D eigenvalue weighted by molar-refractivity contribution is 4.99. The lowest BCUT2D eigenvalue weighted by Crippen LogP contribution is -1.57. The Hall–Kier alpha value is -1.08. The van der Waals surface area contributed by atoms with Crippen molar-refractivity contribution >= 4 is 0 Å². The van der Waals surface area contributed by atoms with Crippen LogP contribution in [0.2, 0.25) is 0 Å². The Bertz CT molecular complexity index is 120. The summed E-state index contributed by atoms with van der Waals surface area (Å²) in [7, 11) is 0. The molecule has 1 nitrogen and oxygen atoms in total. The fraction of sp³-hybridized carbons (Fsp3) is 0.385. The zero-order valence-corrected chi connectivity index (χ0v) is 9.90. The highest BCUT2D eigenvalue weighted by Gasteiger charge is 1.57. The number of aliphatic hydroxyl groups is 1. The van der Waals surface area contributed by atoms with E-state index in [2.05, 4.69) is 6.58 Å². The maximum Gasteiger partial charge on any atom is 0.0402 e. The van der Waals surface area contributed by atoms with E-state index in [0.717, 1.165) is 0 Å². The second kappa shape index (κ2) is 29.7. The van der Waals surface area contributed by atoms with Crippen molar-refractivity contribution in [3.05, 3.63) is 49.1 Å². The van der Waals surface area contributed by atoms with Crippen LogP contribution in [0, 0.1) is 0 Å². The van der Waals surface area contributed by atoms with Crippen LogP contribution in [-0.4, -0.2) is 11.7 Å². The Kier molecular flexibility index (Phi) is 39.6. The van der Waals surface area contributed by atoms with Gasteiger partial charge in [-0.3, -0.25) is 0 Å². The number of hydrogen-bond donors (Lipinski definition) is 1. The van der Waals surface area contributed by atoms with E-state index < -0.39 is 0 Å². The first-order chi connectivity index (χ1) is 6.83. The fourth-order valence-electron chi connectivity index (χ4n) is 0.385. The standard InChI is InChI=1S/C6H6.C3H6.C2H6O.C2H6/c1-2-4-6-5-3-1;1-3-2;1-2-3;1-2/h1-6H;3H,1H2,2H3;3H,2H2,1H3;1-2H3. The summed E-state index contributed by atoms with van der Waals surface area (Å²) in [6.07, 6.45) is 1.75. The second-order valence-electron chi connectivity index (χ2n) is 1.88. The van der Waals surface area contributed by atoms with Crippen LogP contribution >= 0.6 is 0 Å². The van der Waals surface area contributed by atoms with Crippen LogP contribution in [0.15, 0.2) is 49.1 Å². The monoisotopic (exact) mass is 196 g/mol. The van der Waals surface area contributed by atoms with E-state index in [-0.39, 0.29) is 6.61 Å². The van der Waals surface area contributed by atoms with Gasteiger partial charge >= 0.3 is 0 Å². The second-order valence-corrected chi connectivity index (χ2v) is 1.88. The molecule has 0 amide bonds. The van der Waals surface area contributed by atoms with E-state index in [1.54, 1.807) is 13.0 Å². The molecule has 1 heteroatoms. The predicted octanol–water partition coefficient (Wildman–Crippen LogP) is 3.90. The molecule has 1 N–H and O–H groups in total. The smallest absolute Gasteiger partial charge is 0.0402 e. The Labute approximate surface area is 89.1 Å². The van der Waals surface area contributed by atoms with Crippen molar-refractivity contribution in [3.63, 3.8) is 0 Å². The highest BCUT2D eigenvalue weighted by Crippen LogP contribution is 1.79. The minimum absolute atomic E-state index is 0.250. The van der Waals surface area contributed by atoms with Crippen LogP contribution in [0.1, 0.15) is 27.7 Å². The molecular weight excluding hydrogens is 172 g/mol. The minimum Gasteiger partial charge on any atom is -0.397 e. The predicted molar refractivity (Wildman–Crippen MR) is 66.4 cm³/mol. The summed E-state index contributed by atoms with van der Waals surface area (Å²) < 4.78 is 0. The van der Waals surface area contributed by atoms with Crippen LogP contribution in [0.4, 0.5) is 0 Å². The quantitative estimate of drug-likeness (QED) is 0.624. The SMILES string of the molecule is C=CC.CC.CCO.c1ccccc1. The molecule has 1 aromatic rings. The van der Waals surface area contributed by atoms with Gasteiger partial charge in [-0.2, -0.15) is 0 Å². The van der Waals surface area contributed by atoms with E-state index in [1.165, 1.54) is 0 Å². The van der Waals surface area contributed by atoms with Gasteiger partial charge in [-0.25, -0.2) is 0 Å². The van der Waals surface area contributed by atoms with Gasteiger partial charge < -0.3 is 5.11 Å². The molecule has 0 aliphatic carbocycles. The lowest BCUT2D eigenvalue weighted by Gasteiger charge is -1.69. The van der Waals surface area contributed by atoms with Gasteiger partial charge in [0, 0.05) is 6.61 Å². The van der Waals surface area contributed by atoms with Crippen molar-refractivity contribution in [1.29, 1.82) is 0 Å². The summed E-state index contributed by atoms with van der Waals surface area (Å²) in [4.78, 5) is 0. The molecule has 82 valence electrons. The number of allylic oxidation sites excluding steroid dienone is 1. The third-order valence-corrected chi connectivity index (χ3v) is 0.667. The van der Waals surface area contributed by atoms with Crippen molar-refractivity contribution in [2.45, 2.75) is 27.7 Å². The third-order valence-electron chi connectivity index (χ3n) is 0.667. The fourth-order valence-corrected chi connectivity index (χ4v) is 0.385. The normalized spacial score (nSPS) is 6.07. The van der Waals surface area contributed by atoms with E-state index in [0.29, 0.717) is 0 Å². The lowest BCUT2D eigenvalue weighted by molar-refractivity contribution is 0.318. The van der Waals surface area contributed by atoms with Crippen molar-refractivity contribution in [2.75, 3.05) is 6.61 Å². The molecule has 0 saturated heterocycles. The van der Waals surface area contributed by atoms with Crippen LogP contribution in [0.25, 0.3) is 0 Å². The summed E-state index contributed by atoms with van der Waals surface area (Å²) >= 11 is 0. The number of benzene rings is 1. The Balaban J connectivity index is -0.000000132. The molecule has 0 aliphatic heterocycles. The minimum atomic E-state index is 0.250. The van der Waals surface area contributed by atoms with Crippen LogP contribution in [0.5, 0.6) is 0 Å². The van der Waals surface area contributed by atoms with Gasteiger partial charge in [-0.05, 0) is 13.8 Å². The lowest BCUT2D eigenvalue weighted by atomic mass is 10.4. The highest BCUT2D eigenvalue weighted by atomic mass is 16.2. The van der Waals surface area contributed by atoms with Crippen molar-refractivity contribution in [1.82, 2.24) is 0 Å². The number of rotatable bonds is 0. The first-order valence-electron chi connectivity index (χ1n) is 5.01. The van der Waals surface area contributed by atoms with Gasteiger partial charge in [0.2, 0.25) is 0 Å². The van der Waals surface area contributed by atoms with Crippen molar-refractivity contribution < 1.29 is 5.11 Å². The molecule has 0 atom stereocenters. The Morgan fingerprint density at radius 2 is 1.07 bits per heavy atom. The van der Waals surface area contributed by atoms with Crippen molar-refractivity contribution in [3.8, 4) is 0 Å². The van der Waals surface area contributed by atoms with Crippen LogP contribution in [-0.2, 0) is 0 Å². The summed E-state index contributed by atoms with van der Waals surface area (Å²) in [5.74, 6) is 0. The Morgan fingerprint density at radius 1 is 1.00 bits per heavy atom. The van der Waals surface area contributed by atoms with E-state index >= 15 is 0 Å². The topological polar surface area (TPSA) is 20.2 Å². The zero-order valence-electron chi connectivity index (χ0n) is 9.90. The van der Waals surface area contributed by atoms with E-state index in [9.17, 15) is 0 Å². The molecule has 0 bridgehead atoms. The van der Waals surface area contributed by atoms with Gasteiger partial charge in [0.05, 0.1) is 0 Å². The average molecular weight is 196 g/mol. The van der Waals surface area contributed by atoms with Gasteiger partial charge in [-0.1, -0.05) is 56.3 Å². The maximum atomic E-state index is 7.57. The molecule has 14 heavy (non-hydrogen) atoms. The molecule has 0 aromatic heterocycles. The summed E-state index contributed by atoms with van der Waals surface area (Å²) in [5, 5.41) is 7.57. The first kappa shape index (κ1) is 18.7. The molecule has 0 spiro atoms. The van der Waals surface area contributed by atoms with Gasteiger partial charge in [0.25, 0.3) is 0 Å². The molecule has 0 heterocycles. The largest absolute Gasteiger partial charge is 0.397 e. The van der Waals surface area contributed by atoms with E-state index in [4.69, 9.17) is 5.11 Å². The zero-order chi connectivity index (χ0) is 11.7. The third kappa shape index (κ3) is 44.4. The van der Waals surface area contributed by atoms with Gasteiger partial charge in [0.15, 0.2) is 0 Å². The van der Waals surface area contributed by atoms with Gasteiger partial charge in [-0.15, -0.1) is 6.58 Å². The maximum absolute atomic E-state index is 7.57. The molecular formula is C13H24O. The first-order valence-corrected chi connectivity index (χ1v) is 5.01. The van der Waals surface area contributed by atoms with Gasteiger partial charge in [0.1, 0.15) is 0 Å². The summed E-state index contributed by atoms with van der Waals surface area (Å²) in [5.41, 5.74) is 0. The molecule has 1 aromatic carbocycles. The van der Waals surface area contributed by atoms with Crippen molar-refractivity contribution in [2.24, 2.45) is 0 Å². The number of aliphatic hydroxyl groups excluding tert-OH is 1. The molecule has 1 rings (SSSR count). The molecule has 0 saturated carbocycles. The number of hydrogen-bond acceptors (Lipinski definition) is 1. The van der Waals surface area contributed by atoms with Crippen LogP contribution < -0.4 is 0 Å². The summed E-state index contributed by atoms with van der Waals surface area (Å²) in [6, 6.07) is 12.0. The molecule has 0 aliphatic rings. The summed E-state index contributed by atoms with van der Waals surface area (Å²) in [6.45, 7) is 11.2. The Morgan fingerprint density at radius 3 is 1.14 bits per heavy atom. The molecule has 0 unspecified atom stereocenters. The van der Waals surface area contributed by atoms with Crippen LogP contribution in [0.3, 0.4) is 0 Å². The molecule has 0 fully saturated rings.